The number of ether oxygens (including phenoxy) is 1. The summed E-state index contributed by atoms with van der Waals surface area (Å²) in [4.78, 5) is 0. The van der Waals surface area contributed by atoms with Crippen LogP contribution in [0.25, 0.3) is 0 Å². The van der Waals surface area contributed by atoms with Crippen LogP contribution in [0.5, 0.6) is 0 Å². The van der Waals surface area contributed by atoms with Crippen molar-refractivity contribution in [2.24, 2.45) is 5.92 Å². The molecule has 92 valence electrons. The Bertz CT molecular complexity index is 398. The Morgan fingerprint density at radius 2 is 1.94 bits per heavy atom. The SMILES string of the molecule is CC1CC(OCC2CC2)C(O)c2ccccc21. The summed E-state index contributed by atoms with van der Waals surface area (Å²) in [6, 6.07) is 8.20. The van der Waals surface area contributed by atoms with E-state index in [9.17, 15) is 5.11 Å². The number of aliphatic hydroxyl groups excluding tert-OH is 1. The van der Waals surface area contributed by atoms with Gasteiger partial charge in [-0.2, -0.15) is 0 Å². The molecule has 1 N–H and O–H groups in total. The minimum absolute atomic E-state index is 0.0134. The quantitative estimate of drug-likeness (QED) is 0.868. The second-order valence-corrected chi connectivity index (χ2v) is 5.53. The highest BCUT2D eigenvalue weighted by molar-refractivity contribution is 5.35. The summed E-state index contributed by atoms with van der Waals surface area (Å²) in [6.07, 6.45) is 3.08. The van der Waals surface area contributed by atoms with Gasteiger partial charge in [0.05, 0.1) is 6.10 Å². The number of rotatable bonds is 3. The minimum Gasteiger partial charge on any atom is -0.386 e. The molecule has 1 saturated carbocycles. The van der Waals surface area contributed by atoms with E-state index < -0.39 is 6.10 Å². The Morgan fingerprint density at radius 3 is 2.65 bits per heavy atom. The molecule has 0 aliphatic heterocycles. The maximum atomic E-state index is 10.3. The highest BCUT2D eigenvalue weighted by Crippen LogP contribution is 2.39. The first kappa shape index (κ1) is 11.2. The molecule has 0 saturated heterocycles. The number of hydrogen-bond acceptors (Lipinski definition) is 2. The van der Waals surface area contributed by atoms with E-state index in [0.717, 1.165) is 24.5 Å². The van der Waals surface area contributed by atoms with Crippen LogP contribution in [0.4, 0.5) is 0 Å². The number of hydrogen-bond donors (Lipinski definition) is 1. The van der Waals surface area contributed by atoms with Crippen LogP contribution in [0.1, 0.15) is 49.3 Å². The minimum atomic E-state index is -0.443. The van der Waals surface area contributed by atoms with Gasteiger partial charge in [-0.1, -0.05) is 31.2 Å². The lowest BCUT2D eigenvalue weighted by Gasteiger charge is -2.34. The zero-order valence-electron chi connectivity index (χ0n) is 10.3. The van der Waals surface area contributed by atoms with E-state index in [-0.39, 0.29) is 6.10 Å². The third-order valence-electron chi connectivity index (χ3n) is 4.03. The van der Waals surface area contributed by atoms with Crippen molar-refractivity contribution >= 4 is 0 Å². The second kappa shape index (κ2) is 4.43. The van der Waals surface area contributed by atoms with Crippen molar-refractivity contribution in [2.75, 3.05) is 6.61 Å². The van der Waals surface area contributed by atoms with Gasteiger partial charge in [0, 0.05) is 6.61 Å². The van der Waals surface area contributed by atoms with Gasteiger partial charge in [0.2, 0.25) is 0 Å². The van der Waals surface area contributed by atoms with Gasteiger partial charge in [0.25, 0.3) is 0 Å². The molecule has 0 bridgehead atoms. The maximum Gasteiger partial charge on any atom is 0.105 e. The van der Waals surface area contributed by atoms with E-state index in [2.05, 4.69) is 13.0 Å². The molecule has 2 nitrogen and oxygen atoms in total. The molecule has 1 fully saturated rings. The van der Waals surface area contributed by atoms with Gasteiger partial charge < -0.3 is 9.84 Å². The zero-order valence-corrected chi connectivity index (χ0v) is 10.3. The molecule has 0 amide bonds. The molecule has 1 aromatic carbocycles. The third-order valence-corrected chi connectivity index (χ3v) is 4.03. The number of fused-ring (bicyclic) bond motifs is 1. The highest BCUT2D eigenvalue weighted by atomic mass is 16.5. The van der Waals surface area contributed by atoms with Crippen LogP contribution in [0, 0.1) is 5.92 Å². The molecule has 0 radical (unpaired) electrons. The first-order valence-corrected chi connectivity index (χ1v) is 6.64. The van der Waals surface area contributed by atoms with Crippen LogP contribution in [0.15, 0.2) is 24.3 Å². The first-order chi connectivity index (χ1) is 8.25. The largest absolute Gasteiger partial charge is 0.386 e. The summed E-state index contributed by atoms with van der Waals surface area (Å²) in [6.45, 7) is 3.05. The van der Waals surface area contributed by atoms with Crippen LogP contribution < -0.4 is 0 Å². The molecule has 0 heterocycles. The molecule has 0 aromatic heterocycles. The van der Waals surface area contributed by atoms with E-state index in [4.69, 9.17) is 4.74 Å². The summed E-state index contributed by atoms with van der Waals surface area (Å²) >= 11 is 0. The first-order valence-electron chi connectivity index (χ1n) is 6.64. The molecule has 3 atom stereocenters. The lowest BCUT2D eigenvalue weighted by atomic mass is 9.80. The fraction of sp³-hybridized carbons (Fsp3) is 0.600. The lowest BCUT2D eigenvalue weighted by molar-refractivity contribution is -0.0557. The third kappa shape index (κ3) is 2.24. The van der Waals surface area contributed by atoms with E-state index in [1.165, 1.54) is 18.4 Å². The second-order valence-electron chi connectivity index (χ2n) is 5.53. The summed E-state index contributed by atoms with van der Waals surface area (Å²) in [7, 11) is 0. The van der Waals surface area contributed by atoms with Crippen LogP contribution in [-0.4, -0.2) is 17.8 Å². The number of benzene rings is 1. The van der Waals surface area contributed by atoms with Crippen LogP contribution in [0.3, 0.4) is 0 Å². The van der Waals surface area contributed by atoms with Gasteiger partial charge in [-0.3, -0.25) is 0 Å². The topological polar surface area (TPSA) is 29.5 Å². The van der Waals surface area contributed by atoms with Crippen LogP contribution in [-0.2, 0) is 4.74 Å². The summed E-state index contributed by atoms with van der Waals surface area (Å²) in [5.74, 6) is 1.24. The van der Waals surface area contributed by atoms with E-state index >= 15 is 0 Å². The van der Waals surface area contributed by atoms with Crippen molar-refractivity contribution in [1.29, 1.82) is 0 Å². The molecule has 3 rings (SSSR count). The van der Waals surface area contributed by atoms with Gasteiger partial charge in [0.1, 0.15) is 6.10 Å². The Hall–Kier alpha value is -0.860. The van der Waals surface area contributed by atoms with E-state index in [0.29, 0.717) is 5.92 Å². The van der Waals surface area contributed by atoms with E-state index in [1.54, 1.807) is 0 Å². The Kier molecular flexibility index (Phi) is 2.93. The van der Waals surface area contributed by atoms with Crippen molar-refractivity contribution < 1.29 is 9.84 Å². The predicted molar refractivity (Wildman–Crippen MR) is 66.9 cm³/mol. The van der Waals surface area contributed by atoms with Gasteiger partial charge >= 0.3 is 0 Å². The normalized spacial score (nSPS) is 32.2. The Morgan fingerprint density at radius 1 is 1.24 bits per heavy atom. The monoisotopic (exact) mass is 232 g/mol. The van der Waals surface area contributed by atoms with E-state index in [1.807, 2.05) is 18.2 Å². The van der Waals surface area contributed by atoms with Crippen molar-refractivity contribution in [1.82, 2.24) is 0 Å². The lowest BCUT2D eigenvalue weighted by Crippen LogP contribution is -2.30. The molecular formula is C15H20O2. The predicted octanol–water partition coefficient (Wildman–Crippen LogP) is 3.02. The molecule has 2 heteroatoms. The Labute approximate surface area is 103 Å². The average Bonchev–Trinajstić information content (AvgIpc) is 3.16. The highest BCUT2D eigenvalue weighted by Gasteiger charge is 2.33. The molecular weight excluding hydrogens is 212 g/mol. The molecule has 2 aliphatic carbocycles. The zero-order chi connectivity index (χ0) is 11.8. The molecule has 0 spiro atoms. The maximum absolute atomic E-state index is 10.3. The summed E-state index contributed by atoms with van der Waals surface area (Å²) in [5.41, 5.74) is 2.35. The standard InChI is InChI=1S/C15H20O2/c1-10-8-14(17-9-11-6-7-11)15(16)13-5-3-2-4-12(10)13/h2-5,10-11,14-16H,6-9H2,1H3. The average molecular weight is 232 g/mol. The van der Waals surface area contributed by atoms with Crippen molar-refractivity contribution in [3.8, 4) is 0 Å². The molecule has 17 heavy (non-hydrogen) atoms. The molecule has 1 aromatic rings. The smallest absolute Gasteiger partial charge is 0.105 e. The van der Waals surface area contributed by atoms with Crippen molar-refractivity contribution in [3.63, 3.8) is 0 Å². The van der Waals surface area contributed by atoms with Crippen molar-refractivity contribution in [3.05, 3.63) is 35.4 Å². The fourth-order valence-electron chi connectivity index (χ4n) is 2.74. The summed E-state index contributed by atoms with van der Waals surface area (Å²) < 4.78 is 5.90. The fourth-order valence-corrected chi connectivity index (χ4v) is 2.74. The van der Waals surface area contributed by atoms with Crippen LogP contribution in [0.2, 0.25) is 0 Å². The van der Waals surface area contributed by atoms with Gasteiger partial charge in [0.15, 0.2) is 0 Å². The molecule has 2 aliphatic rings. The molecule has 3 unspecified atom stereocenters. The van der Waals surface area contributed by atoms with Gasteiger partial charge in [-0.05, 0) is 42.2 Å². The van der Waals surface area contributed by atoms with Gasteiger partial charge in [-0.15, -0.1) is 0 Å². The van der Waals surface area contributed by atoms with Crippen LogP contribution >= 0.6 is 0 Å². The Balaban J connectivity index is 1.76. The number of aliphatic hydroxyl groups is 1. The van der Waals surface area contributed by atoms with Gasteiger partial charge in [-0.25, -0.2) is 0 Å². The van der Waals surface area contributed by atoms with Crippen molar-refractivity contribution in [2.45, 2.75) is 44.3 Å². The summed E-state index contributed by atoms with van der Waals surface area (Å²) in [5, 5.41) is 10.3.